The summed E-state index contributed by atoms with van der Waals surface area (Å²) >= 11 is 0. The zero-order chi connectivity index (χ0) is 14.8. The van der Waals surface area contributed by atoms with Crippen molar-refractivity contribution in [2.24, 2.45) is 5.92 Å². The van der Waals surface area contributed by atoms with E-state index in [1.165, 1.54) is 5.69 Å². The van der Waals surface area contributed by atoms with Crippen LogP contribution in [0.5, 0.6) is 0 Å². The number of benzene rings is 1. The molecule has 2 aliphatic rings. The molecule has 0 aliphatic carbocycles. The SMILES string of the molecule is CC1OCCC1C(=O)N1CCN(c2ccc(N)cc2)CC1. The molecule has 1 aromatic rings. The Morgan fingerprint density at radius 2 is 1.86 bits per heavy atom. The average Bonchev–Trinajstić information content (AvgIpc) is 2.94. The van der Waals surface area contributed by atoms with Crippen molar-refractivity contribution in [3.05, 3.63) is 24.3 Å². The van der Waals surface area contributed by atoms with Gasteiger partial charge in [-0.05, 0) is 37.6 Å². The number of hydrogen-bond acceptors (Lipinski definition) is 4. The van der Waals surface area contributed by atoms with Crippen LogP contribution < -0.4 is 10.6 Å². The van der Waals surface area contributed by atoms with Crippen LogP contribution in [-0.2, 0) is 9.53 Å². The molecule has 0 aromatic heterocycles. The van der Waals surface area contributed by atoms with Gasteiger partial charge in [-0.15, -0.1) is 0 Å². The summed E-state index contributed by atoms with van der Waals surface area (Å²) in [6.45, 7) is 6.03. The summed E-state index contributed by atoms with van der Waals surface area (Å²) in [4.78, 5) is 16.8. The van der Waals surface area contributed by atoms with Crippen LogP contribution >= 0.6 is 0 Å². The van der Waals surface area contributed by atoms with Gasteiger partial charge in [0.2, 0.25) is 5.91 Å². The second kappa shape index (κ2) is 5.93. The van der Waals surface area contributed by atoms with Crippen molar-refractivity contribution in [3.8, 4) is 0 Å². The summed E-state index contributed by atoms with van der Waals surface area (Å²) in [5, 5.41) is 0. The van der Waals surface area contributed by atoms with Gasteiger partial charge in [-0.2, -0.15) is 0 Å². The molecule has 2 atom stereocenters. The number of nitrogens with zero attached hydrogens (tertiary/aromatic N) is 2. The van der Waals surface area contributed by atoms with E-state index in [2.05, 4.69) is 4.90 Å². The normalized spacial score (nSPS) is 26.1. The van der Waals surface area contributed by atoms with E-state index in [0.717, 1.165) is 38.3 Å². The van der Waals surface area contributed by atoms with Crippen LogP contribution in [0.15, 0.2) is 24.3 Å². The zero-order valence-electron chi connectivity index (χ0n) is 12.5. The lowest BCUT2D eigenvalue weighted by molar-refractivity contribution is -0.137. The van der Waals surface area contributed by atoms with E-state index in [1.807, 2.05) is 36.1 Å². The van der Waals surface area contributed by atoms with Gasteiger partial charge in [-0.3, -0.25) is 4.79 Å². The van der Waals surface area contributed by atoms with Crippen LogP contribution in [-0.4, -0.2) is 49.7 Å². The second-order valence-corrected chi connectivity index (χ2v) is 5.87. The third kappa shape index (κ3) is 2.97. The number of hydrogen-bond donors (Lipinski definition) is 1. The fraction of sp³-hybridized carbons (Fsp3) is 0.562. The molecule has 3 rings (SSSR count). The summed E-state index contributed by atoms with van der Waals surface area (Å²) < 4.78 is 5.51. The third-order valence-corrected chi connectivity index (χ3v) is 4.54. The molecule has 21 heavy (non-hydrogen) atoms. The van der Waals surface area contributed by atoms with Crippen molar-refractivity contribution in [2.75, 3.05) is 43.4 Å². The van der Waals surface area contributed by atoms with E-state index in [-0.39, 0.29) is 17.9 Å². The van der Waals surface area contributed by atoms with Crippen molar-refractivity contribution >= 4 is 17.3 Å². The lowest BCUT2D eigenvalue weighted by Gasteiger charge is -2.37. The lowest BCUT2D eigenvalue weighted by atomic mass is 10.0. The summed E-state index contributed by atoms with van der Waals surface area (Å²) in [5.41, 5.74) is 7.67. The Hall–Kier alpha value is -1.75. The number of amides is 1. The molecule has 0 bridgehead atoms. The second-order valence-electron chi connectivity index (χ2n) is 5.87. The van der Waals surface area contributed by atoms with Gasteiger partial charge in [0.15, 0.2) is 0 Å². The topological polar surface area (TPSA) is 58.8 Å². The Kier molecular flexibility index (Phi) is 4.01. The first-order chi connectivity index (χ1) is 10.1. The Labute approximate surface area is 125 Å². The number of ether oxygens (including phenoxy) is 1. The minimum absolute atomic E-state index is 0.0491. The molecule has 2 saturated heterocycles. The molecule has 1 aromatic carbocycles. The summed E-state index contributed by atoms with van der Waals surface area (Å²) in [6.07, 6.45) is 0.922. The molecule has 2 heterocycles. The first-order valence-corrected chi connectivity index (χ1v) is 7.66. The fourth-order valence-electron chi connectivity index (χ4n) is 3.16. The van der Waals surface area contributed by atoms with Gasteiger partial charge < -0.3 is 20.3 Å². The first kappa shape index (κ1) is 14.2. The molecule has 2 N–H and O–H groups in total. The van der Waals surface area contributed by atoms with E-state index >= 15 is 0 Å². The van der Waals surface area contributed by atoms with Crippen LogP contribution in [0.3, 0.4) is 0 Å². The highest BCUT2D eigenvalue weighted by Crippen LogP contribution is 2.24. The molecule has 5 nitrogen and oxygen atoms in total. The maximum absolute atomic E-state index is 12.5. The minimum Gasteiger partial charge on any atom is -0.399 e. The maximum Gasteiger partial charge on any atom is 0.228 e. The van der Waals surface area contributed by atoms with Crippen LogP contribution in [0.4, 0.5) is 11.4 Å². The Balaban J connectivity index is 1.57. The van der Waals surface area contributed by atoms with Gasteiger partial charge in [-0.1, -0.05) is 0 Å². The highest BCUT2D eigenvalue weighted by molar-refractivity contribution is 5.80. The Morgan fingerprint density at radius 3 is 2.43 bits per heavy atom. The van der Waals surface area contributed by atoms with Gasteiger partial charge in [0.25, 0.3) is 0 Å². The number of piperazine rings is 1. The molecule has 1 amide bonds. The quantitative estimate of drug-likeness (QED) is 0.835. The van der Waals surface area contributed by atoms with Crippen LogP contribution in [0, 0.1) is 5.92 Å². The molecule has 5 heteroatoms. The Morgan fingerprint density at radius 1 is 1.19 bits per heavy atom. The van der Waals surface area contributed by atoms with Gasteiger partial charge in [0.1, 0.15) is 0 Å². The molecule has 0 spiro atoms. The van der Waals surface area contributed by atoms with E-state index in [4.69, 9.17) is 10.5 Å². The van der Waals surface area contributed by atoms with Gasteiger partial charge >= 0.3 is 0 Å². The highest BCUT2D eigenvalue weighted by atomic mass is 16.5. The highest BCUT2D eigenvalue weighted by Gasteiger charge is 2.34. The molecule has 2 unspecified atom stereocenters. The predicted octanol–water partition coefficient (Wildman–Crippen LogP) is 1.34. The monoisotopic (exact) mass is 289 g/mol. The zero-order valence-corrected chi connectivity index (χ0v) is 12.5. The largest absolute Gasteiger partial charge is 0.399 e. The summed E-state index contributed by atoms with van der Waals surface area (Å²) in [6, 6.07) is 7.92. The number of anilines is 2. The third-order valence-electron chi connectivity index (χ3n) is 4.54. The Bertz CT molecular complexity index is 495. The van der Waals surface area contributed by atoms with Crippen molar-refractivity contribution in [1.82, 2.24) is 4.90 Å². The number of carbonyl (C=O) groups excluding carboxylic acids is 1. The molecular formula is C16H23N3O2. The first-order valence-electron chi connectivity index (χ1n) is 7.66. The number of nitrogens with two attached hydrogens (primary N) is 1. The summed E-state index contributed by atoms with van der Waals surface area (Å²) in [5.74, 6) is 0.310. The van der Waals surface area contributed by atoms with Gasteiger partial charge in [0, 0.05) is 44.2 Å². The van der Waals surface area contributed by atoms with Gasteiger partial charge in [-0.25, -0.2) is 0 Å². The molecule has 2 aliphatic heterocycles. The standard InChI is InChI=1S/C16H23N3O2/c1-12-15(6-11-21-12)16(20)19-9-7-18(8-10-19)14-4-2-13(17)3-5-14/h2-5,12,15H,6-11,17H2,1H3. The van der Waals surface area contributed by atoms with Crippen LogP contribution in [0.1, 0.15) is 13.3 Å². The van der Waals surface area contributed by atoms with Crippen molar-refractivity contribution in [1.29, 1.82) is 0 Å². The molecule has 114 valence electrons. The number of nitrogen functional groups attached to an aromatic ring is 1. The van der Waals surface area contributed by atoms with E-state index in [9.17, 15) is 4.79 Å². The predicted molar refractivity (Wildman–Crippen MR) is 83.2 cm³/mol. The number of carbonyl (C=O) groups is 1. The maximum atomic E-state index is 12.5. The number of rotatable bonds is 2. The van der Waals surface area contributed by atoms with E-state index < -0.39 is 0 Å². The molecule has 0 radical (unpaired) electrons. The average molecular weight is 289 g/mol. The molecular weight excluding hydrogens is 266 g/mol. The summed E-state index contributed by atoms with van der Waals surface area (Å²) in [7, 11) is 0. The van der Waals surface area contributed by atoms with Crippen molar-refractivity contribution in [3.63, 3.8) is 0 Å². The van der Waals surface area contributed by atoms with Gasteiger partial charge in [0.05, 0.1) is 12.0 Å². The van der Waals surface area contributed by atoms with Crippen molar-refractivity contribution in [2.45, 2.75) is 19.4 Å². The van der Waals surface area contributed by atoms with Crippen LogP contribution in [0.2, 0.25) is 0 Å². The van der Waals surface area contributed by atoms with E-state index in [0.29, 0.717) is 6.61 Å². The van der Waals surface area contributed by atoms with E-state index in [1.54, 1.807) is 0 Å². The minimum atomic E-state index is 0.0491. The van der Waals surface area contributed by atoms with Crippen LogP contribution in [0.25, 0.3) is 0 Å². The van der Waals surface area contributed by atoms with Crippen molar-refractivity contribution < 1.29 is 9.53 Å². The lowest BCUT2D eigenvalue weighted by Crippen LogP contribution is -2.51. The fourth-order valence-corrected chi connectivity index (χ4v) is 3.16. The molecule has 2 fully saturated rings. The smallest absolute Gasteiger partial charge is 0.228 e. The molecule has 0 saturated carbocycles.